The molecule has 1 saturated carbocycles. The molecule has 0 radical (unpaired) electrons. The van der Waals surface area contributed by atoms with Crippen LogP contribution in [0.3, 0.4) is 0 Å². The molecule has 1 fully saturated rings. The summed E-state index contributed by atoms with van der Waals surface area (Å²) in [6.45, 7) is 6.42. The van der Waals surface area contributed by atoms with Crippen LogP contribution in [0.15, 0.2) is 24.4 Å². The highest BCUT2D eigenvalue weighted by atomic mass is 16.1. The molecule has 2 rings (SSSR count). The topological polar surface area (TPSA) is 30.0 Å². The average Bonchev–Trinajstić information content (AvgIpc) is 2.68. The lowest BCUT2D eigenvalue weighted by atomic mass is 9.76. The fourth-order valence-electron chi connectivity index (χ4n) is 2.93. The van der Waals surface area contributed by atoms with Gasteiger partial charge in [-0.15, -0.1) is 0 Å². The third-order valence-electron chi connectivity index (χ3n) is 4.16. The molecule has 2 unspecified atom stereocenters. The fourth-order valence-corrected chi connectivity index (χ4v) is 2.93. The summed E-state index contributed by atoms with van der Waals surface area (Å²) in [4.78, 5) is 16.8. The second-order valence-corrected chi connectivity index (χ2v) is 5.81. The number of aromatic nitrogens is 1. The molecule has 2 heteroatoms. The Balaban J connectivity index is 2.16. The van der Waals surface area contributed by atoms with Gasteiger partial charge in [0, 0.05) is 12.1 Å². The quantitative estimate of drug-likeness (QED) is 0.796. The molecule has 0 aliphatic heterocycles. The number of nitrogens with zero attached hydrogens (tertiary/aromatic N) is 1. The summed E-state index contributed by atoms with van der Waals surface area (Å²) in [6.07, 6.45) is 5.15. The van der Waals surface area contributed by atoms with E-state index in [2.05, 4.69) is 18.8 Å². The van der Waals surface area contributed by atoms with E-state index in [0.29, 0.717) is 5.78 Å². The smallest absolute Gasteiger partial charge is 0.145 e. The first-order valence-electron chi connectivity index (χ1n) is 6.47. The van der Waals surface area contributed by atoms with E-state index in [0.717, 1.165) is 12.1 Å². The first-order valence-corrected chi connectivity index (χ1v) is 6.47. The van der Waals surface area contributed by atoms with Crippen LogP contribution >= 0.6 is 0 Å². The molecule has 17 heavy (non-hydrogen) atoms. The number of hydrogen-bond acceptors (Lipinski definition) is 2. The maximum absolute atomic E-state index is 12.5. The summed E-state index contributed by atoms with van der Waals surface area (Å²) < 4.78 is 0. The lowest BCUT2D eigenvalue weighted by Crippen LogP contribution is -2.29. The maximum Gasteiger partial charge on any atom is 0.145 e. The lowest BCUT2D eigenvalue weighted by molar-refractivity contribution is -0.126. The van der Waals surface area contributed by atoms with Crippen LogP contribution in [0.25, 0.3) is 0 Å². The number of ketones is 1. The minimum atomic E-state index is -0.0708. The second kappa shape index (κ2) is 4.59. The number of carbonyl (C=O) groups is 1. The van der Waals surface area contributed by atoms with Crippen LogP contribution in [0.1, 0.15) is 51.6 Å². The number of rotatable bonds is 3. The summed E-state index contributed by atoms with van der Waals surface area (Å²) in [5, 5.41) is 0. The average molecular weight is 231 g/mol. The van der Waals surface area contributed by atoms with E-state index in [4.69, 9.17) is 0 Å². The van der Waals surface area contributed by atoms with Gasteiger partial charge in [-0.1, -0.05) is 26.3 Å². The zero-order valence-electron chi connectivity index (χ0n) is 10.9. The van der Waals surface area contributed by atoms with Crippen LogP contribution in [0.4, 0.5) is 0 Å². The first kappa shape index (κ1) is 12.3. The highest BCUT2D eigenvalue weighted by Crippen LogP contribution is 2.44. The largest absolute Gasteiger partial charge is 0.299 e. The summed E-state index contributed by atoms with van der Waals surface area (Å²) in [6, 6.07) is 5.79. The summed E-state index contributed by atoms with van der Waals surface area (Å²) >= 11 is 0. The molecule has 0 amide bonds. The Morgan fingerprint density at radius 1 is 1.47 bits per heavy atom. The Bertz CT molecular complexity index is 397. The molecule has 1 aliphatic rings. The van der Waals surface area contributed by atoms with Crippen LogP contribution in [-0.4, -0.2) is 10.8 Å². The van der Waals surface area contributed by atoms with Crippen LogP contribution < -0.4 is 0 Å². The van der Waals surface area contributed by atoms with Gasteiger partial charge >= 0.3 is 0 Å². The van der Waals surface area contributed by atoms with E-state index < -0.39 is 0 Å². The van der Waals surface area contributed by atoms with Crippen molar-refractivity contribution < 1.29 is 4.79 Å². The van der Waals surface area contributed by atoms with Gasteiger partial charge in [0.2, 0.25) is 0 Å². The number of hydrogen-bond donors (Lipinski definition) is 0. The third-order valence-corrected chi connectivity index (χ3v) is 4.16. The molecule has 92 valence electrons. The van der Waals surface area contributed by atoms with Crippen LogP contribution in [-0.2, 0) is 4.79 Å². The van der Waals surface area contributed by atoms with Crippen LogP contribution in [0.5, 0.6) is 0 Å². The monoisotopic (exact) mass is 231 g/mol. The van der Waals surface area contributed by atoms with E-state index in [1.54, 1.807) is 6.20 Å². The first-order chi connectivity index (χ1) is 8.02. The van der Waals surface area contributed by atoms with E-state index in [9.17, 15) is 4.79 Å². The molecule has 1 heterocycles. The van der Waals surface area contributed by atoms with Crippen molar-refractivity contribution in [3.05, 3.63) is 30.1 Å². The number of carbonyl (C=O) groups excluding carboxylic acids is 1. The molecule has 0 spiro atoms. The molecule has 1 aromatic rings. The molecular weight excluding hydrogens is 210 g/mol. The number of Topliss-reactive ketones (excluding diaryl/α,β-unsaturated/α-hetero) is 1. The molecule has 2 nitrogen and oxygen atoms in total. The van der Waals surface area contributed by atoms with Gasteiger partial charge in [0.15, 0.2) is 0 Å². The van der Waals surface area contributed by atoms with E-state index in [-0.39, 0.29) is 17.3 Å². The Labute approximate surface area is 103 Å². The van der Waals surface area contributed by atoms with E-state index in [1.165, 1.54) is 12.8 Å². The van der Waals surface area contributed by atoms with Gasteiger partial charge in [0.25, 0.3) is 0 Å². The Kier molecular flexibility index (Phi) is 3.32. The van der Waals surface area contributed by atoms with Gasteiger partial charge in [-0.05, 0) is 37.3 Å². The van der Waals surface area contributed by atoms with Crippen molar-refractivity contribution in [1.82, 2.24) is 4.98 Å². The molecule has 1 aliphatic carbocycles. The molecule has 2 atom stereocenters. The lowest BCUT2D eigenvalue weighted by Gasteiger charge is -2.27. The fraction of sp³-hybridized carbons (Fsp3) is 0.600. The zero-order chi connectivity index (χ0) is 12.5. The molecule has 0 bridgehead atoms. The van der Waals surface area contributed by atoms with Gasteiger partial charge in [-0.25, -0.2) is 0 Å². The van der Waals surface area contributed by atoms with Gasteiger partial charge in [0.1, 0.15) is 5.78 Å². The van der Waals surface area contributed by atoms with Crippen molar-refractivity contribution in [2.24, 2.45) is 11.3 Å². The summed E-state index contributed by atoms with van der Waals surface area (Å²) in [5.41, 5.74) is 1.07. The van der Waals surface area contributed by atoms with Gasteiger partial charge in [-0.3, -0.25) is 9.78 Å². The SMILES string of the molecule is CC(C(=O)C1CCCC1(C)C)c1ccccn1. The van der Waals surface area contributed by atoms with Crippen molar-refractivity contribution in [1.29, 1.82) is 0 Å². The van der Waals surface area contributed by atoms with Gasteiger partial charge in [-0.2, -0.15) is 0 Å². The van der Waals surface area contributed by atoms with Crippen molar-refractivity contribution in [2.45, 2.75) is 46.0 Å². The second-order valence-electron chi connectivity index (χ2n) is 5.81. The Hall–Kier alpha value is -1.18. The molecule has 0 saturated heterocycles. The summed E-state index contributed by atoms with van der Waals surface area (Å²) in [7, 11) is 0. The maximum atomic E-state index is 12.5. The zero-order valence-corrected chi connectivity index (χ0v) is 10.9. The third kappa shape index (κ3) is 2.41. The Morgan fingerprint density at radius 2 is 2.24 bits per heavy atom. The molecular formula is C15H21NO. The minimum Gasteiger partial charge on any atom is -0.299 e. The van der Waals surface area contributed by atoms with Gasteiger partial charge < -0.3 is 0 Å². The molecule has 0 N–H and O–H groups in total. The molecule has 1 aromatic heterocycles. The van der Waals surface area contributed by atoms with Gasteiger partial charge in [0.05, 0.1) is 11.6 Å². The van der Waals surface area contributed by atoms with Crippen molar-refractivity contribution >= 4 is 5.78 Å². The highest BCUT2D eigenvalue weighted by Gasteiger charge is 2.40. The number of pyridine rings is 1. The van der Waals surface area contributed by atoms with Crippen molar-refractivity contribution in [2.75, 3.05) is 0 Å². The standard InChI is InChI=1S/C15H21NO/c1-11(13-8-4-5-10-16-13)14(17)12-7-6-9-15(12,2)3/h4-5,8,10-12H,6-7,9H2,1-3H3. The van der Waals surface area contributed by atoms with E-state index >= 15 is 0 Å². The molecule has 0 aromatic carbocycles. The minimum absolute atomic E-state index is 0.0708. The normalized spacial score (nSPS) is 24.5. The predicted octanol–water partition coefficient (Wildman–Crippen LogP) is 3.58. The Morgan fingerprint density at radius 3 is 2.76 bits per heavy atom. The van der Waals surface area contributed by atoms with Crippen molar-refractivity contribution in [3.63, 3.8) is 0 Å². The van der Waals surface area contributed by atoms with Crippen LogP contribution in [0, 0.1) is 11.3 Å². The van der Waals surface area contributed by atoms with Crippen molar-refractivity contribution in [3.8, 4) is 0 Å². The predicted molar refractivity (Wildman–Crippen MR) is 68.8 cm³/mol. The van der Waals surface area contributed by atoms with Crippen LogP contribution in [0.2, 0.25) is 0 Å². The highest BCUT2D eigenvalue weighted by molar-refractivity contribution is 5.88. The van der Waals surface area contributed by atoms with E-state index in [1.807, 2.05) is 25.1 Å². The summed E-state index contributed by atoms with van der Waals surface area (Å²) in [5.74, 6) is 0.504.